The number of hydrogen-bond acceptors (Lipinski definition) is 6. The molecule has 0 radical (unpaired) electrons. The second-order valence-electron chi connectivity index (χ2n) is 6.59. The summed E-state index contributed by atoms with van der Waals surface area (Å²) in [5, 5.41) is 6.04. The Morgan fingerprint density at radius 3 is 3.08 bits per heavy atom. The van der Waals surface area contributed by atoms with Crippen molar-refractivity contribution in [1.82, 2.24) is 15.0 Å². The first kappa shape index (κ1) is 17.0. The van der Waals surface area contributed by atoms with Crippen LogP contribution in [0.3, 0.4) is 0 Å². The lowest BCUT2D eigenvalue weighted by Gasteiger charge is -2.31. The monoisotopic (exact) mass is 371 g/mol. The van der Waals surface area contributed by atoms with E-state index in [0.717, 1.165) is 35.8 Å². The van der Waals surface area contributed by atoms with Crippen LogP contribution in [0.4, 0.5) is 0 Å². The van der Waals surface area contributed by atoms with Crippen LogP contribution in [0.5, 0.6) is 0 Å². The zero-order valence-corrected chi connectivity index (χ0v) is 15.5. The molecule has 136 valence electrons. The van der Waals surface area contributed by atoms with Crippen molar-refractivity contribution in [1.29, 1.82) is 0 Å². The highest BCUT2D eigenvalue weighted by atomic mass is 32.1. The van der Waals surface area contributed by atoms with Crippen molar-refractivity contribution in [2.24, 2.45) is 0 Å². The highest BCUT2D eigenvalue weighted by Gasteiger charge is 2.27. The molecule has 0 bridgehead atoms. The summed E-state index contributed by atoms with van der Waals surface area (Å²) in [5.74, 6) is 3.33. The first-order chi connectivity index (χ1) is 12.7. The van der Waals surface area contributed by atoms with Crippen LogP contribution < -0.4 is 0 Å². The number of likely N-dealkylation sites (tertiary alicyclic amines) is 1. The largest absolute Gasteiger partial charge is 0.460 e. The fourth-order valence-electron chi connectivity index (χ4n) is 3.35. The zero-order valence-electron chi connectivity index (χ0n) is 14.7. The van der Waals surface area contributed by atoms with Crippen molar-refractivity contribution in [3.63, 3.8) is 0 Å². The molecule has 1 saturated heterocycles. The van der Waals surface area contributed by atoms with Crippen molar-refractivity contribution in [3.8, 4) is 10.6 Å². The molecule has 0 unspecified atom stereocenters. The number of furan rings is 1. The molecule has 4 rings (SSSR count). The zero-order chi connectivity index (χ0) is 17.9. The first-order valence-electron chi connectivity index (χ1n) is 8.89. The van der Waals surface area contributed by atoms with Crippen LogP contribution in [0, 0.1) is 6.92 Å². The molecule has 7 heteroatoms. The SMILES string of the molecule is Cc1nc([C@H]2CCCN(C(=O)CCc3ccc(-c4cccs4)o3)C2)no1. The summed E-state index contributed by atoms with van der Waals surface area (Å²) in [6, 6.07) is 7.97. The van der Waals surface area contributed by atoms with E-state index in [-0.39, 0.29) is 11.8 Å². The van der Waals surface area contributed by atoms with Crippen LogP contribution in [-0.2, 0) is 11.2 Å². The van der Waals surface area contributed by atoms with E-state index >= 15 is 0 Å². The molecule has 1 amide bonds. The van der Waals surface area contributed by atoms with E-state index in [4.69, 9.17) is 8.94 Å². The van der Waals surface area contributed by atoms with Gasteiger partial charge in [0.05, 0.1) is 4.88 Å². The average Bonchev–Trinajstić information content (AvgIpc) is 3.40. The normalized spacial score (nSPS) is 17.6. The number of rotatable bonds is 5. The van der Waals surface area contributed by atoms with Gasteiger partial charge in [0.2, 0.25) is 11.8 Å². The van der Waals surface area contributed by atoms with Gasteiger partial charge in [0.1, 0.15) is 11.5 Å². The Hall–Kier alpha value is -2.41. The number of nitrogens with zero attached hydrogens (tertiary/aromatic N) is 3. The lowest BCUT2D eigenvalue weighted by molar-refractivity contribution is -0.132. The Morgan fingerprint density at radius 2 is 2.31 bits per heavy atom. The van der Waals surface area contributed by atoms with Gasteiger partial charge in [0.15, 0.2) is 5.82 Å². The molecule has 0 saturated carbocycles. The maximum atomic E-state index is 12.6. The summed E-state index contributed by atoms with van der Waals surface area (Å²) in [4.78, 5) is 20.0. The minimum atomic E-state index is 0.156. The van der Waals surface area contributed by atoms with Gasteiger partial charge in [-0.15, -0.1) is 11.3 Å². The van der Waals surface area contributed by atoms with Gasteiger partial charge in [-0.1, -0.05) is 11.2 Å². The second kappa shape index (κ2) is 7.45. The number of carbonyl (C=O) groups excluding carboxylic acids is 1. The second-order valence-corrected chi connectivity index (χ2v) is 7.54. The molecule has 0 spiro atoms. The van der Waals surface area contributed by atoms with Gasteiger partial charge in [-0.05, 0) is 36.4 Å². The molecule has 4 heterocycles. The van der Waals surface area contributed by atoms with Gasteiger partial charge in [-0.3, -0.25) is 4.79 Å². The Labute approximate surface area is 155 Å². The number of aromatic nitrogens is 2. The summed E-state index contributed by atoms with van der Waals surface area (Å²) in [7, 11) is 0. The molecule has 1 fully saturated rings. The molecule has 1 atom stereocenters. The standard InChI is InChI=1S/C19H21N3O3S/c1-13-20-19(21-25-13)14-4-2-10-22(12-14)18(23)9-7-15-6-8-16(24-15)17-5-3-11-26-17/h3,5-6,8,11,14H,2,4,7,9-10,12H2,1H3/t14-/m0/s1. The van der Waals surface area contributed by atoms with Gasteiger partial charge >= 0.3 is 0 Å². The molecule has 26 heavy (non-hydrogen) atoms. The molecule has 0 aliphatic carbocycles. The van der Waals surface area contributed by atoms with Crippen molar-refractivity contribution in [3.05, 3.63) is 47.1 Å². The molecule has 1 aliphatic rings. The first-order valence-corrected chi connectivity index (χ1v) is 9.77. The van der Waals surface area contributed by atoms with E-state index in [9.17, 15) is 4.79 Å². The quantitative estimate of drug-likeness (QED) is 0.677. The van der Waals surface area contributed by atoms with E-state index in [1.54, 1.807) is 18.3 Å². The molecule has 3 aromatic heterocycles. The van der Waals surface area contributed by atoms with Crippen molar-refractivity contribution in [2.45, 2.75) is 38.5 Å². The molecule has 0 aromatic carbocycles. The van der Waals surface area contributed by atoms with Gasteiger partial charge < -0.3 is 13.8 Å². The highest BCUT2D eigenvalue weighted by molar-refractivity contribution is 7.13. The number of hydrogen-bond donors (Lipinski definition) is 0. The van der Waals surface area contributed by atoms with Crippen molar-refractivity contribution >= 4 is 17.2 Å². The minimum Gasteiger partial charge on any atom is -0.460 e. The van der Waals surface area contributed by atoms with Gasteiger partial charge in [-0.2, -0.15) is 4.98 Å². The number of thiophene rings is 1. The lowest BCUT2D eigenvalue weighted by Crippen LogP contribution is -2.39. The molecular weight excluding hydrogens is 350 g/mol. The Bertz CT molecular complexity index is 868. The lowest BCUT2D eigenvalue weighted by atomic mass is 9.97. The number of carbonyl (C=O) groups is 1. The summed E-state index contributed by atoms with van der Waals surface area (Å²) >= 11 is 1.65. The van der Waals surface area contributed by atoms with Gasteiger partial charge in [0, 0.05) is 38.8 Å². The Morgan fingerprint density at radius 1 is 1.38 bits per heavy atom. The molecule has 0 N–H and O–H groups in total. The van der Waals surface area contributed by atoms with E-state index in [1.165, 1.54) is 0 Å². The summed E-state index contributed by atoms with van der Waals surface area (Å²) < 4.78 is 10.9. The van der Waals surface area contributed by atoms with Gasteiger partial charge in [0.25, 0.3) is 0 Å². The van der Waals surface area contributed by atoms with Crippen LogP contribution in [0.25, 0.3) is 10.6 Å². The van der Waals surface area contributed by atoms with Crippen molar-refractivity contribution in [2.75, 3.05) is 13.1 Å². The van der Waals surface area contributed by atoms with Crippen LogP contribution in [0.2, 0.25) is 0 Å². The smallest absolute Gasteiger partial charge is 0.223 e. The van der Waals surface area contributed by atoms with E-state index in [0.29, 0.717) is 31.1 Å². The molecule has 6 nitrogen and oxygen atoms in total. The Kier molecular flexibility index (Phi) is 4.88. The minimum absolute atomic E-state index is 0.156. The van der Waals surface area contributed by atoms with Gasteiger partial charge in [-0.25, -0.2) is 0 Å². The number of aryl methyl sites for hydroxylation is 2. The molecule has 3 aromatic rings. The van der Waals surface area contributed by atoms with Crippen molar-refractivity contribution < 1.29 is 13.7 Å². The predicted molar refractivity (Wildman–Crippen MR) is 97.9 cm³/mol. The fraction of sp³-hybridized carbons (Fsp3) is 0.421. The third kappa shape index (κ3) is 3.72. The average molecular weight is 371 g/mol. The van der Waals surface area contributed by atoms with Crippen LogP contribution >= 0.6 is 11.3 Å². The highest BCUT2D eigenvalue weighted by Crippen LogP contribution is 2.28. The third-order valence-electron chi connectivity index (χ3n) is 4.69. The third-order valence-corrected chi connectivity index (χ3v) is 5.58. The summed E-state index contributed by atoms with van der Waals surface area (Å²) in [5.41, 5.74) is 0. The van der Waals surface area contributed by atoms with Crippen LogP contribution in [0.1, 0.15) is 42.7 Å². The summed E-state index contributed by atoms with van der Waals surface area (Å²) in [6.45, 7) is 3.25. The van der Waals surface area contributed by atoms with E-state index in [2.05, 4.69) is 10.1 Å². The van der Waals surface area contributed by atoms with E-state index < -0.39 is 0 Å². The van der Waals surface area contributed by atoms with Crippen LogP contribution in [0.15, 0.2) is 38.6 Å². The number of piperidine rings is 1. The predicted octanol–water partition coefficient (Wildman–Crippen LogP) is 4.04. The van der Waals surface area contributed by atoms with E-state index in [1.807, 2.05) is 34.5 Å². The fourth-order valence-corrected chi connectivity index (χ4v) is 4.03. The van der Waals surface area contributed by atoms with Crippen LogP contribution in [-0.4, -0.2) is 34.0 Å². The Balaban J connectivity index is 1.33. The maximum absolute atomic E-state index is 12.6. The topological polar surface area (TPSA) is 72.4 Å². The molecule has 1 aliphatic heterocycles. The maximum Gasteiger partial charge on any atom is 0.223 e. The number of amides is 1. The molecular formula is C19H21N3O3S. The summed E-state index contributed by atoms with van der Waals surface area (Å²) in [6.07, 6.45) is 3.03.